The number of likely N-dealkylation sites (tertiary alicyclic amines) is 1. The first-order valence-electron chi connectivity index (χ1n) is 5.89. The second-order valence-corrected chi connectivity index (χ2v) is 4.31. The van der Waals surface area contributed by atoms with Gasteiger partial charge in [-0.3, -0.25) is 4.68 Å². The van der Waals surface area contributed by atoms with Crippen molar-refractivity contribution >= 4 is 5.97 Å². The van der Waals surface area contributed by atoms with E-state index in [1.165, 1.54) is 30.1 Å². The number of aromatic nitrogens is 2. The zero-order chi connectivity index (χ0) is 12.3. The number of carbonyl (C=O) groups is 1. The Labute approximate surface area is 99.5 Å². The number of carboxylic acids is 1. The Bertz CT molecular complexity index is 397. The van der Waals surface area contributed by atoms with Crippen molar-refractivity contribution in [1.29, 1.82) is 0 Å². The van der Waals surface area contributed by atoms with Gasteiger partial charge in [-0.15, -0.1) is 0 Å². The molecule has 2 rings (SSSR count). The Balaban J connectivity index is 1.96. The van der Waals surface area contributed by atoms with Crippen LogP contribution in [0.25, 0.3) is 0 Å². The molecule has 0 amide bonds. The molecule has 0 bridgehead atoms. The normalized spacial score (nSPS) is 17.2. The lowest BCUT2D eigenvalue weighted by atomic mass is 10.1. The van der Waals surface area contributed by atoms with Crippen LogP contribution in [0, 0.1) is 0 Å². The van der Waals surface area contributed by atoms with Crippen molar-refractivity contribution in [3.63, 3.8) is 0 Å². The molecule has 1 aromatic rings. The summed E-state index contributed by atoms with van der Waals surface area (Å²) in [6.07, 6.45) is 4.87. The predicted octanol–water partition coefficient (Wildman–Crippen LogP) is 0.773. The zero-order valence-corrected chi connectivity index (χ0v) is 9.67. The highest BCUT2D eigenvalue weighted by molar-refractivity contribution is 5.88. The molecular weight excluding hydrogens is 222 g/mol. The summed E-state index contributed by atoms with van der Waals surface area (Å²) in [6.45, 7) is 3.41. The van der Waals surface area contributed by atoms with Crippen molar-refractivity contribution < 1.29 is 15.0 Å². The summed E-state index contributed by atoms with van der Waals surface area (Å²) in [5, 5.41) is 22.2. The third-order valence-corrected chi connectivity index (χ3v) is 3.10. The summed E-state index contributed by atoms with van der Waals surface area (Å²) in [4.78, 5) is 13.2. The Kier molecular flexibility index (Phi) is 3.63. The third kappa shape index (κ3) is 2.76. The van der Waals surface area contributed by atoms with E-state index in [0.29, 0.717) is 6.54 Å². The predicted molar refractivity (Wildman–Crippen MR) is 61.1 cm³/mol. The molecule has 1 fully saturated rings. The highest BCUT2D eigenvalue weighted by Crippen LogP contribution is 2.16. The van der Waals surface area contributed by atoms with Gasteiger partial charge in [-0.05, 0) is 25.9 Å². The van der Waals surface area contributed by atoms with Gasteiger partial charge >= 0.3 is 5.97 Å². The molecule has 0 saturated carbocycles. The Morgan fingerprint density at radius 2 is 2.00 bits per heavy atom. The van der Waals surface area contributed by atoms with E-state index in [0.717, 1.165) is 19.6 Å². The van der Waals surface area contributed by atoms with Crippen LogP contribution >= 0.6 is 0 Å². The lowest BCUT2D eigenvalue weighted by Crippen LogP contribution is -2.33. The number of carboxylic acid groups (broad SMARTS) is 1. The van der Waals surface area contributed by atoms with Crippen LogP contribution in [0.1, 0.15) is 29.8 Å². The van der Waals surface area contributed by atoms with Crippen LogP contribution in [-0.2, 0) is 6.54 Å². The van der Waals surface area contributed by atoms with E-state index < -0.39 is 5.97 Å². The van der Waals surface area contributed by atoms with E-state index in [-0.39, 0.29) is 11.4 Å². The number of hydrogen-bond acceptors (Lipinski definition) is 4. The quantitative estimate of drug-likeness (QED) is 0.811. The minimum absolute atomic E-state index is 0.123. The molecule has 1 aromatic heterocycles. The molecule has 1 aliphatic heterocycles. The molecule has 1 saturated heterocycles. The van der Waals surface area contributed by atoms with Crippen LogP contribution in [0.15, 0.2) is 6.20 Å². The minimum Gasteiger partial charge on any atom is -0.504 e. The van der Waals surface area contributed by atoms with Crippen molar-refractivity contribution in [2.75, 3.05) is 19.6 Å². The van der Waals surface area contributed by atoms with E-state index in [1.54, 1.807) is 0 Å². The Morgan fingerprint density at radius 3 is 2.65 bits per heavy atom. The molecule has 2 heterocycles. The minimum atomic E-state index is -1.14. The first kappa shape index (κ1) is 11.9. The van der Waals surface area contributed by atoms with Gasteiger partial charge in [0.15, 0.2) is 11.4 Å². The van der Waals surface area contributed by atoms with Crippen LogP contribution in [-0.4, -0.2) is 50.5 Å². The number of nitrogens with zero attached hydrogens (tertiary/aromatic N) is 3. The van der Waals surface area contributed by atoms with Gasteiger partial charge in [0.2, 0.25) is 0 Å². The van der Waals surface area contributed by atoms with Gasteiger partial charge < -0.3 is 15.1 Å². The summed E-state index contributed by atoms with van der Waals surface area (Å²) in [5.74, 6) is -1.41. The number of rotatable bonds is 4. The molecule has 6 heteroatoms. The average molecular weight is 239 g/mol. The first-order valence-corrected chi connectivity index (χ1v) is 5.89. The lowest BCUT2D eigenvalue weighted by molar-refractivity contribution is 0.0678. The van der Waals surface area contributed by atoms with Gasteiger partial charge in [-0.25, -0.2) is 4.79 Å². The molecule has 0 atom stereocenters. The monoisotopic (exact) mass is 239 g/mol. The maximum atomic E-state index is 10.9. The molecule has 1 aliphatic rings. The van der Waals surface area contributed by atoms with Gasteiger partial charge in [0.05, 0.1) is 12.7 Å². The molecule has 0 aromatic carbocycles. The second kappa shape index (κ2) is 5.18. The number of piperidine rings is 1. The molecule has 17 heavy (non-hydrogen) atoms. The average Bonchev–Trinajstić information content (AvgIpc) is 2.69. The van der Waals surface area contributed by atoms with Crippen molar-refractivity contribution in [3.8, 4) is 5.75 Å². The fourth-order valence-corrected chi connectivity index (χ4v) is 2.18. The van der Waals surface area contributed by atoms with Crippen LogP contribution < -0.4 is 0 Å². The molecule has 0 radical (unpaired) electrons. The topological polar surface area (TPSA) is 78.6 Å². The van der Waals surface area contributed by atoms with Crippen molar-refractivity contribution in [2.24, 2.45) is 0 Å². The van der Waals surface area contributed by atoms with E-state index in [9.17, 15) is 9.90 Å². The van der Waals surface area contributed by atoms with Crippen molar-refractivity contribution in [3.05, 3.63) is 11.9 Å². The smallest absolute Gasteiger partial charge is 0.358 e. The van der Waals surface area contributed by atoms with Crippen LogP contribution in [0.4, 0.5) is 0 Å². The van der Waals surface area contributed by atoms with Crippen LogP contribution in [0.5, 0.6) is 5.75 Å². The van der Waals surface area contributed by atoms with Crippen molar-refractivity contribution in [1.82, 2.24) is 14.7 Å². The first-order chi connectivity index (χ1) is 8.18. The van der Waals surface area contributed by atoms with Gasteiger partial charge in [-0.1, -0.05) is 6.42 Å². The highest BCUT2D eigenvalue weighted by atomic mass is 16.4. The third-order valence-electron chi connectivity index (χ3n) is 3.10. The van der Waals surface area contributed by atoms with E-state index >= 15 is 0 Å². The molecule has 0 unspecified atom stereocenters. The fourth-order valence-electron chi connectivity index (χ4n) is 2.18. The molecular formula is C11H17N3O3. The molecule has 6 nitrogen and oxygen atoms in total. The maximum absolute atomic E-state index is 10.9. The highest BCUT2D eigenvalue weighted by Gasteiger charge is 2.18. The largest absolute Gasteiger partial charge is 0.504 e. The SMILES string of the molecule is O=C(O)c1c(O)cnn1CCN1CCCCC1. The number of hydrogen-bond donors (Lipinski definition) is 2. The van der Waals surface area contributed by atoms with Crippen LogP contribution in [0.2, 0.25) is 0 Å². The summed E-state index contributed by atoms with van der Waals surface area (Å²) in [7, 11) is 0. The van der Waals surface area contributed by atoms with Gasteiger partial charge in [0, 0.05) is 6.54 Å². The Morgan fingerprint density at radius 1 is 1.29 bits per heavy atom. The van der Waals surface area contributed by atoms with Gasteiger partial charge in [-0.2, -0.15) is 5.10 Å². The summed E-state index contributed by atoms with van der Waals surface area (Å²) >= 11 is 0. The van der Waals surface area contributed by atoms with E-state index in [4.69, 9.17) is 5.11 Å². The standard InChI is InChI=1S/C11H17N3O3/c15-9-8-12-14(10(9)11(16)17)7-6-13-4-2-1-3-5-13/h8,15H,1-7H2,(H,16,17). The number of aromatic hydroxyl groups is 1. The van der Waals surface area contributed by atoms with Gasteiger partial charge in [0.25, 0.3) is 0 Å². The summed E-state index contributed by atoms with van der Waals surface area (Å²) < 4.78 is 1.35. The zero-order valence-electron chi connectivity index (χ0n) is 9.67. The maximum Gasteiger partial charge on any atom is 0.358 e. The van der Waals surface area contributed by atoms with Gasteiger partial charge in [0.1, 0.15) is 0 Å². The van der Waals surface area contributed by atoms with E-state index in [2.05, 4.69) is 10.00 Å². The molecule has 0 spiro atoms. The molecule has 94 valence electrons. The Hall–Kier alpha value is -1.56. The second-order valence-electron chi connectivity index (χ2n) is 4.31. The summed E-state index contributed by atoms with van der Waals surface area (Å²) in [5.41, 5.74) is -0.123. The van der Waals surface area contributed by atoms with Crippen LogP contribution in [0.3, 0.4) is 0 Å². The fraction of sp³-hybridized carbons (Fsp3) is 0.636. The molecule has 2 N–H and O–H groups in total. The van der Waals surface area contributed by atoms with Crippen molar-refractivity contribution in [2.45, 2.75) is 25.8 Å². The number of aromatic carboxylic acids is 1. The lowest BCUT2D eigenvalue weighted by Gasteiger charge is -2.26. The van der Waals surface area contributed by atoms with E-state index in [1.807, 2.05) is 0 Å². The molecule has 0 aliphatic carbocycles. The summed E-state index contributed by atoms with van der Waals surface area (Å²) in [6, 6.07) is 0.